The molecule has 0 aliphatic rings. The van der Waals surface area contributed by atoms with Crippen molar-refractivity contribution < 1.29 is 0 Å². The summed E-state index contributed by atoms with van der Waals surface area (Å²) in [6.45, 7) is 0. The van der Waals surface area contributed by atoms with E-state index in [1.807, 2.05) is 0 Å². The summed E-state index contributed by atoms with van der Waals surface area (Å²) in [4.78, 5) is 0. The van der Waals surface area contributed by atoms with Gasteiger partial charge in [0, 0.05) is 0 Å². The fourth-order valence-corrected chi connectivity index (χ4v) is 16.8. The van der Waals surface area contributed by atoms with Gasteiger partial charge in [0.05, 0.1) is 0 Å². The van der Waals surface area contributed by atoms with E-state index in [9.17, 15) is 0 Å². The second-order valence-corrected chi connectivity index (χ2v) is 20.0. The van der Waals surface area contributed by atoms with Gasteiger partial charge in [-0.25, -0.2) is 0 Å². The van der Waals surface area contributed by atoms with Gasteiger partial charge < -0.3 is 0 Å². The van der Waals surface area contributed by atoms with Gasteiger partial charge in [0.2, 0.25) is 0 Å². The van der Waals surface area contributed by atoms with E-state index >= 15 is 0 Å². The first-order valence-corrected chi connectivity index (χ1v) is 20.6. The molecule has 0 unspecified atom stereocenters. The fraction of sp³-hybridized carbons (Fsp3) is 0.0455. The predicted octanol–water partition coefficient (Wildman–Crippen LogP) is 8.14. The van der Waals surface area contributed by atoms with Crippen molar-refractivity contribution >= 4 is 46.4 Å². The van der Waals surface area contributed by atoms with Gasteiger partial charge in [-0.1, -0.05) is 0 Å². The van der Waals surface area contributed by atoms with Crippen LogP contribution in [0.3, 0.4) is 0 Å². The quantitative estimate of drug-likeness (QED) is 0.134. The number of rotatable bonds is 10. The van der Waals surface area contributed by atoms with Crippen molar-refractivity contribution in [2.45, 2.75) is 12.3 Å². The van der Waals surface area contributed by atoms with Crippen molar-refractivity contribution in [1.82, 2.24) is 0 Å². The Bertz CT molecular complexity index is 1600. The average molecular weight is 631 g/mol. The normalized spacial score (nSPS) is 12.3. The van der Waals surface area contributed by atoms with Crippen molar-refractivity contribution in [3.63, 3.8) is 0 Å². The van der Waals surface area contributed by atoms with Crippen LogP contribution in [0.5, 0.6) is 0 Å². The summed E-state index contributed by atoms with van der Waals surface area (Å²) in [5.41, 5.74) is 2.77. The molecule has 0 radical (unpaired) electrons. The molecule has 226 valence electrons. The number of hydrogen-bond acceptors (Lipinski definition) is 0. The maximum absolute atomic E-state index is 2.41. The molecule has 7 rings (SSSR count). The summed E-state index contributed by atoms with van der Waals surface area (Å²) in [5.74, 6) is 0. The topological polar surface area (TPSA) is 0 Å². The monoisotopic (exact) mass is 630 g/mol. The molecule has 7 aromatic carbocycles. The SMILES string of the molecule is c1ccc([PH](Cc2ccc(C[PH](c3ccccc3)(c3ccccc3)c3ccccc3)cc2)(c2ccccc2)c2ccccc2)cc1. The van der Waals surface area contributed by atoms with E-state index in [0.29, 0.717) is 0 Å². The van der Waals surface area contributed by atoms with Crippen LogP contribution >= 0.6 is 14.5 Å². The zero-order chi connectivity index (χ0) is 31.1. The Hall–Kier alpha value is -4.60. The van der Waals surface area contributed by atoms with Crippen LogP contribution in [0.2, 0.25) is 0 Å². The van der Waals surface area contributed by atoms with Gasteiger partial charge in [0.15, 0.2) is 0 Å². The van der Waals surface area contributed by atoms with Gasteiger partial charge in [0.1, 0.15) is 0 Å². The molecule has 0 aliphatic carbocycles. The molecular formula is C44H40P2. The van der Waals surface area contributed by atoms with Crippen molar-refractivity contribution in [2.24, 2.45) is 0 Å². The van der Waals surface area contributed by atoms with E-state index in [4.69, 9.17) is 0 Å². The Morgan fingerprint density at radius 3 is 0.565 bits per heavy atom. The van der Waals surface area contributed by atoms with Crippen LogP contribution in [0.15, 0.2) is 206 Å². The van der Waals surface area contributed by atoms with Crippen LogP contribution in [0.4, 0.5) is 0 Å². The first kappa shape index (κ1) is 30.1. The molecule has 0 fully saturated rings. The predicted molar refractivity (Wildman–Crippen MR) is 207 cm³/mol. The van der Waals surface area contributed by atoms with Gasteiger partial charge >= 0.3 is 276 Å². The maximum atomic E-state index is 2.41. The summed E-state index contributed by atoms with van der Waals surface area (Å²) in [6.07, 6.45) is 2.01. The molecule has 0 nitrogen and oxygen atoms in total. The summed E-state index contributed by atoms with van der Waals surface area (Å²) in [5, 5.41) is 8.67. The minimum absolute atomic E-state index is 1.00. The van der Waals surface area contributed by atoms with Crippen LogP contribution < -0.4 is 31.8 Å². The second kappa shape index (κ2) is 13.8. The third-order valence-electron chi connectivity index (χ3n) is 9.56. The summed E-state index contributed by atoms with van der Waals surface area (Å²) < 4.78 is 0. The van der Waals surface area contributed by atoms with Gasteiger partial charge in [-0.3, -0.25) is 0 Å². The molecule has 7 aromatic rings. The molecule has 0 saturated carbocycles. The first-order chi connectivity index (χ1) is 22.8. The summed E-state index contributed by atoms with van der Waals surface area (Å²) in [6, 6.07) is 77.0. The Morgan fingerprint density at radius 1 is 0.217 bits per heavy atom. The molecule has 0 spiro atoms. The van der Waals surface area contributed by atoms with E-state index in [2.05, 4.69) is 206 Å². The molecule has 0 heterocycles. The average Bonchev–Trinajstić information content (AvgIpc) is 3.16. The van der Waals surface area contributed by atoms with E-state index in [0.717, 1.165) is 12.3 Å². The molecule has 0 aromatic heterocycles. The third-order valence-corrected chi connectivity index (χ3v) is 19.4. The Morgan fingerprint density at radius 2 is 0.391 bits per heavy atom. The first-order valence-electron chi connectivity index (χ1n) is 16.2. The zero-order valence-electron chi connectivity index (χ0n) is 26.0. The van der Waals surface area contributed by atoms with Gasteiger partial charge in [0.25, 0.3) is 0 Å². The third kappa shape index (κ3) is 5.88. The molecule has 2 heteroatoms. The zero-order valence-corrected chi connectivity index (χ0v) is 28.0. The van der Waals surface area contributed by atoms with Crippen LogP contribution in [0, 0.1) is 0 Å². The molecule has 0 amide bonds. The van der Waals surface area contributed by atoms with E-state index in [1.165, 1.54) is 43.0 Å². The molecule has 46 heavy (non-hydrogen) atoms. The Labute approximate surface area is 275 Å². The van der Waals surface area contributed by atoms with Crippen LogP contribution in [0.25, 0.3) is 0 Å². The second-order valence-electron chi connectivity index (χ2n) is 12.2. The number of benzene rings is 7. The molecule has 0 N–H and O–H groups in total. The van der Waals surface area contributed by atoms with Crippen LogP contribution in [-0.2, 0) is 12.3 Å². The van der Waals surface area contributed by atoms with E-state index in [-0.39, 0.29) is 0 Å². The Balaban J connectivity index is 1.33. The van der Waals surface area contributed by atoms with Crippen LogP contribution in [-0.4, -0.2) is 0 Å². The molecule has 0 saturated heterocycles. The van der Waals surface area contributed by atoms with Gasteiger partial charge in [-0.2, -0.15) is 0 Å². The molecule has 0 bridgehead atoms. The molecule has 0 aliphatic heterocycles. The number of hydrogen-bond donors (Lipinski definition) is 0. The Kier molecular flexibility index (Phi) is 9.03. The minimum atomic E-state index is -2.38. The molecular weight excluding hydrogens is 590 g/mol. The standard InChI is InChI=1S/C44H40P2/c1-7-19-39(20-8-1)45(40-21-9-2-10-22-40,41-23-11-3-12-24-41)35-37-31-33-38(34-32-37)36-46(42-25-13-4-14-26-42,43-27-15-5-16-28-43)44-29-17-6-18-30-44/h1-34,45-46H,35-36H2. The van der Waals surface area contributed by atoms with E-state index in [1.54, 1.807) is 0 Å². The molecule has 0 atom stereocenters. The summed E-state index contributed by atoms with van der Waals surface area (Å²) in [7, 11) is -4.76. The van der Waals surface area contributed by atoms with Crippen molar-refractivity contribution in [2.75, 3.05) is 0 Å². The van der Waals surface area contributed by atoms with Crippen LogP contribution in [0.1, 0.15) is 11.1 Å². The van der Waals surface area contributed by atoms with E-state index < -0.39 is 14.5 Å². The van der Waals surface area contributed by atoms with Crippen molar-refractivity contribution in [3.05, 3.63) is 217 Å². The van der Waals surface area contributed by atoms with Crippen molar-refractivity contribution in [1.29, 1.82) is 0 Å². The summed E-state index contributed by atoms with van der Waals surface area (Å²) >= 11 is 0. The fourth-order valence-electron chi connectivity index (χ4n) is 7.34. The van der Waals surface area contributed by atoms with Gasteiger partial charge in [-0.05, 0) is 0 Å². The van der Waals surface area contributed by atoms with Crippen molar-refractivity contribution in [3.8, 4) is 0 Å². The van der Waals surface area contributed by atoms with Gasteiger partial charge in [-0.15, -0.1) is 0 Å².